The van der Waals surface area contributed by atoms with Crippen molar-refractivity contribution >= 4 is 5.78 Å². The Labute approximate surface area is 107 Å². The first-order valence-corrected chi connectivity index (χ1v) is 6.33. The van der Waals surface area contributed by atoms with Gasteiger partial charge < -0.3 is 4.74 Å². The van der Waals surface area contributed by atoms with Crippen molar-refractivity contribution in [3.8, 4) is 5.75 Å². The second-order valence-electron chi connectivity index (χ2n) is 5.64. The minimum absolute atomic E-state index is 0.00554. The predicted octanol–water partition coefficient (Wildman–Crippen LogP) is 3.84. The summed E-state index contributed by atoms with van der Waals surface area (Å²) in [6, 6.07) is 4.12. The topological polar surface area (TPSA) is 26.3 Å². The lowest BCUT2D eigenvalue weighted by molar-refractivity contribution is 0.0835. The summed E-state index contributed by atoms with van der Waals surface area (Å²) in [6.45, 7) is 4.21. The van der Waals surface area contributed by atoms with Crippen molar-refractivity contribution in [2.45, 2.75) is 33.1 Å². The van der Waals surface area contributed by atoms with Gasteiger partial charge in [-0.3, -0.25) is 4.79 Å². The van der Waals surface area contributed by atoms with Gasteiger partial charge in [-0.25, -0.2) is 4.39 Å². The van der Waals surface area contributed by atoms with Gasteiger partial charge in [0.05, 0.1) is 12.7 Å². The molecule has 0 aliphatic heterocycles. The summed E-state index contributed by atoms with van der Waals surface area (Å²) in [5.74, 6) is 0.0427. The number of hydrogen-bond donors (Lipinski definition) is 0. The molecule has 0 N–H and O–H groups in total. The van der Waals surface area contributed by atoms with Crippen LogP contribution in [0, 0.1) is 17.2 Å². The van der Waals surface area contributed by atoms with Crippen LogP contribution < -0.4 is 4.74 Å². The molecule has 1 saturated carbocycles. The van der Waals surface area contributed by atoms with Crippen LogP contribution in [0.2, 0.25) is 0 Å². The van der Waals surface area contributed by atoms with Crippen molar-refractivity contribution < 1.29 is 13.9 Å². The smallest absolute Gasteiger partial charge is 0.170 e. The Morgan fingerprint density at radius 1 is 1.44 bits per heavy atom. The molecule has 1 aliphatic rings. The lowest BCUT2D eigenvalue weighted by Gasteiger charge is -2.26. The number of benzene rings is 1. The van der Waals surface area contributed by atoms with Crippen molar-refractivity contribution in [3.05, 3.63) is 29.6 Å². The van der Waals surface area contributed by atoms with E-state index in [1.807, 2.05) is 0 Å². The van der Waals surface area contributed by atoms with Crippen molar-refractivity contribution in [1.29, 1.82) is 0 Å². The highest BCUT2D eigenvalue weighted by Gasteiger charge is 2.40. The normalized spacial score (nSPS) is 21.9. The van der Waals surface area contributed by atoms with Crippen molar-refractivity contribution in [2.75, 3.05) is 7.11 Å². The molecule has 0 saturated heterocycles. The number of Topliss-reactive ketones (excluding diaryl/α,β-unsaturated/α-hetero) is 1. The van der Waals surface area contributed by atoms with Crippen molar-refractivity contribution in [1.82, 2.24) is 0 Å². The van der Waals surface area contributed by atoms with E-state index in [0.29, 0.717) is 11.3 Å². The molecule has 0 spiro atoms. The van der Waals surface area contributed by atoms with Gasteiger partial charge in [-0.1, -0.05) is 20.3 Å². The number of methoxy groups -OCH3 is 1. The summed E-state index contributed by atoms with van der Waals surface area (Å²) >= 11 is 0. The van der Waals surface area contributed by atoms with E-state index in [4.69, 9.17) is 4.74 Å². The maximum atomic E-state index is 13.3. The Morgan fingerprint density at radius 3 is 2.72 bits per heavy atom. The Morgan fingerprint density at radius 2 is 2.17 bits per heavy atom. The molecule has 0 aromatic heterocycles. The third-order valence-electron chi connectivity index (χ3n) is 4.00. The number of ketones is 1. The first-order valence-electron chi connectivity index (χ1n) is 6.33. The molecule has 1 fully saturated rings. The number of carbonyl (C=O) groups excluding carboxylic acids is 1. The third kappa shape index (κ3) is 2.26. The summed E-state index contributed by atoms with van der Waals surface area (Å²) in [6.07, 6.45) is 2.98. The van der Waals surface area contributed by atoms with Gasteiger partial charge in [0.1, 0.15) is 11.6 Å². The molecular formula is C15H19FO2. The summed E-state index contributed by atoms with van der Waals surface area (Å²) in [7, 11) is 1.50. The van der Waals surface area contributed by atoms with Gasteiger partial charge in [0.2, 0.25) is 0 Å². The number of rotatable bonds is 3. The first kappa shape index (κ1) is 13.1. The van der Waals surface area contributed by atoms with Crippen LogP contribution >= 0.6 is 0 Å². The zero-order chi connectivity index (χ0) is 13.3. The molecule has 1 aliphatic carbocycles. The molecule has 98 valence electrons. The van der Waals surface area contributed by atoms with Gasteiger partial charge in [-0.05, 0) is 36.5 Å². The largest absolute Gasteiger partial charge is 0.496 e. The Hall–Kier alpha value is -1.38. The van der Waals surface area contributed by atoms with Gasteiger partial charge in [0.15, 0.2) is 5.78 Å². The van der Waals surface area contributed by atoms with Gasteiger partial charge >= 0.3 is 0 Å². The highest BCUT2D eigenvalue weighted by molar-refractivity contribution is 6.00. The quantitative estimate of drug-likeness (QED) is 0.762. The van der Waals surface area contributed by atoms with Crippen LogP contribution in [-0.2, 0) is 0 Å². The Bertz CT molecular complexity index is 466. The summed E-state index contributed by atoms with van der Waals surface area (Å²) in [5, 5.41) is 0. The van der Waals surface area contributed by atoms with Gasteiger partial charge in [0, 0.05) is 5.92 Å². The van der Waals surface area contributed by atoms with E-state index in [2.05, 4.69) is 13.8 Å². The second-order valence-corrected chi connectivity index (χ2v) is 5.64. The molecule has 2 rings (SSSR count). The molecule has 18 heavy (non-hydrogen) atoms. The third-order valence-corrected chi connectivity index (χ3v) is 4.00. The second kappa shape index (κ2) is 4.71. The van der Waals surface area contributed by atoms with Crippen LogP contribution in [0.15, 0.2) is 18.2 Å². The van der Waals surface area contributed by atoms with Crippen LogP contribution in [0.1, 0.15) is 43.5 Å². The molecule has 1 aromatic rings. The van der Waals surface area contributed by atoms with E-state index in [1.165, 1.54) is 25.3 Å². The number of carbonyl (C=O) groups is 1. The van der Waals surface area contributed by atoms with Crippen LogP contribution in [0.25, 0.3) is 0 Å². The predicted molar refractivity (Wildman–Crippen MR) is 68.4 cm³/mol. The van der Waals surface area contributed by atoms with Crippen LogP contribution in [0.4, 0.5) is 4.39 Å². The minimum atomic E-state index is -0.394. The van der Waals surface area contributed by atoms with E-state index < -0.39 is 5.82 Å². The molecule has 1 atom stereocenters. The molecule has 0 heterocycles. The maximum Gasteiger partial charge on any atom is 0.170 e. The lowest BCUT2D eigenvalue weighted by atomic mass is 9.77. The summed E-state index contributed by atoms with van der Waals surface area (Å²) in [4.78, 5) is 12.5. The van der Waals surface area contributed by atoms with Gasteiger partial charge in [-0.15, -0.1) is 0 Å². The standard InChI is InChI=1S/C15H19FO2/c1-15(2)8-4-5-12(15)14(17)11-9-10(16)6-7-13(11)18-3/h6-7,9,12H,4-5,8H2,1-3H3. The average molecular weight is 250 g/mol. The lowest BCUT2D eigenvalue weighted by Crippen LogP contribution is -2.26. The van der Waals surface area contributed by atoms with Crippen molar-refractivity contribution in [3.63, 3.8) is 0 Å². The molecule has 3 heteroatoms. The maximum absolute atomic E-state index is 13.3. The van der Waals surface area contributed by atoms with Gasteiger partial charge in [0.25, 0.3) is 0 Å². The van der Waals surface area contributed by atoms with Crippen molar-refractivity contribution in [2.24, 2.45) is 11.3 Å². The van der Waals surface area contributed by atoms with E-state index in [0.717, 1.165) is 19.3 Å². The SMILES string of the molecule is COc1ccc(F)cc1C(=O)C1CCCC1(C)C. The highest BCUT2D eigenvalue weighted by Crippen LogP contribution is 2.44. The average Bonchev–Trinajstić information content (AvgIpc) is 2.68. The minimum Gasteiger partial charge on any atom is -0.496 e. The molecular weight excluding hydrogens is 231 g/mol. The van der Waals surface area contributed by atoms with E-state index in [1.54, 1.807) is 0 Å². The number of halogens is 1. The highest BCUT2D eigenvalue weighted by atomic mass is 19.1. The zero-order valence-corrected chi connectivity index (χ0v) is 11.1. The van der Waals surface area contributed by atoms with Gasteiger partial charge in [-0.2, -0.15) is 0 Å². The zero-order valence-electron chi connectivity index (χ0n) is 11.1. The Balaban J connectivity index is 2.37. The fourth-order valence-electron chi connectivity index (χ4n) is 2.87. The fraction of sp³-hybridized carbons (Fsp3) is 0.533. The van der Waals surface area contributed by atoms with Crippen LogP contribution in [0.5, 0.6) is 5.75 Å². The van der Waals surface area contributed by atoms with E-state index >= 15 is 0 Å². The van der Waals surface area contributed by atoms with E-state index in [9.17, 15) is 9.18 Å². The molecule has 2 nitrogen and oxygen atoms in total. The summed E-state index contributed by atoms with van der Waals surface area (Å²) < 4.78 is 18.5. The molecule has 0 bridgehead atoms. The molecule has 0 radical (unpaired) electrons. The molecule has 1 unspecified atom stereocenters. The monoisotopic (exact) mass is 250 g/mol. The van der Waals surface area contributed by atoms with Crippen LogP contribution in [0.3, 0.4) is 0 Å². The van der Waals surface area contributed by atoms with E-state index in [-0.39, 0.29) is 17.1 Å². The first-order chi connectivity index (χ1) is 8.45. The Kier molecular flexibility index (Phi) is 3.42. The number of ether oxygens (including phenoxy) is 1. The molecule has 1 aromatic carbocycles. The fourth-order valence-corrected chi connectivity index (χ4v) is 2.87. The number of hydrogen-bond acceptors (Lipinski definition) is 2. The molecule has 0 amide bonds. The van der Waals surface area contributed by atoms with Crippen LogP contribution in [-0.4, -0.2) is 12.9 Å². The summed E-state index contributed by atoms with van der Waals surface area (Å²) in [5.41, 5.74) is 0.367.